The summed E-state index contributed by atoms with van der Waals surface area (Å²) < 4.78 is 4.96. The van der Waals surface area contributed by atoms with E-state index in [0.717, 1.165) is 19.4 Å². The highest BCUT2D eigenvalue weighted by Crippen LogP contribution is 2.48. The molecule has 18 heavy (non-hydrogen) atoms. The zero-order valence-electron chi connectivity index (χ0n) is 11.3. The third-order valence-corrected chi connectivity index (χ3v) is 3.49. The van der Waals surface area contributed by atoms with E-state index in [0.29, 0.717) is 26.0 Å². The monoisotopic (exact) mass is 259 g/mol. The zero-order chi connectivity index (χ0) is 13.6. The molecule has 0 saturated heterocycles. The molecule has 0 heterocycles. The fourth-order valence-corrected chi connectivity index (χ4v) is 2.02. The van der Waals surface area contributed by atoms with Crippen molar-refractivity contribution >= 4 is 5.84 Å². The number of amidine groups is 1. The van der Waals surface area contributed by atoms with E-state index in [4.69, 9.17) is 15.7 Å². The molecule has 0 bridgehead atoms. The molecule has 1 aliphatic rings. The standard InChI is InChI=1S/C12H25N3O3/c1-11(16,5-6-18-2)8-14-9-12(3-4-12)7-10(13)15-17/h14,16-17H,3-9H2,1-2H3,(H2,13,15). The van der Waals surface area contributed by atoms with Crippen molar-refractivity contribution in [2.45, 2.75) is 38.2 Å². The van der Waals surface area contributed by atoms with Crippen molar-refractivity contribution in [2.24, 2.45) is 16.3 Å². The molecule has 0 radical (unpaired) electrons. The first-order chi connectivity index (χ1) is 8.43. The molecule has 0 aromatic rings. The normalized spacial score (nSPS) is 21.6. The molecular weight excluding hydrogens is 234 g/mol. The molecule has 1 fully saturated rings. The average Bonchev–Trinajstić information content (AvgIpc) is 3.06. The van der Waals surface area contributed by atoms with Crippen LogP contribution < -0.4 is 11.1 Å². The van der Waals surface area contributed by atoms with Gasteiger partial charge >= 0.3 is 0 Å². The largest absolute Gasteiger partial charge is 0.409 e. The van der Waals surface area contributed by atoms with Crippen LogP contribution in [0, 0.1) is 5.41 Å². The number of methoxy groups -OCH3 is 1. The molecule has 1 rings (SSSR count). The predicted octanol–water partition coefficient (Wildman–Crippen LogP) is 0.280. The number of hydrogen-bond donors (Lipinski definition) is 4. The van der Waals surface area contributed by atoms with Crippen LogP contribution in [0.2, 0.25) is 0 Å². The Morgan fingerprint density at radius 1 is 1.56 bits per heavy atom. The summed E-state index contributed by atoms with van der Waals surface area (Å²) >= 11 is 0. The minimum absolute atomic E-state index is 0.119. The maximum absolute atomic E-state index is 10.1. The van der Waals surface area contributed by atoms with Gasteiger partial charge in [0.25, 0.3) is 0 Å². The molecule has 0 aromatic carbocycles. The van der Waals surface area contributed by atoms with Crippen LogP contribution in [-0.4, -0.2) is 48.6 Å². The minimum atomic E-state index is -0.761. The average molecular weight is 259 g/mol. The van der Waals surface area contributed by atoms with Crippen LogP contribution in [0.15, 0.2) is 5.16 Å². The molecule has 0 aliphatic heterocycles. The molecule has 0 spiro atoms. The van der Waals surface area contributed by atoms with Gasteiger partial charge in [-0.05, 0) is 25.2 Å². The summed E-state index contributed by atoms with van der Waals surface area (Å²) in [6.45, 7) is 3.65. The lowest BCUT2D eigenvalue weighted by molar-refractivity contribution is 0.0242. The van der Waals surface area contributed by atoms with Gasteiger partial charge in [0.2, 0.25) is 0 Å². The zero-order valence-corrected chi connectivity index (χ0v) is 11.3. The SMILES string of the molecule is COCCC(C)(O)CNCC1(CC(N)=NO)CC1. The summed E-state index contributed by atoms with van der Waals surface area (Å²) in [6.07, 6.45) is 3.37. The van der Waals surface area contributed by atoms with Crippen LogP contribution in [0.3, 0.4) is 0 Å². The second-order valence-electron chi connectivity index (χ2n) is 5.61. The highest BCUT2D eigenvalue weighted by molar-refractivity contribution is 5.80. The maximum atomic E-state index is 10.1. The molecule has 1 unspecified atom stereocenters. The van der Waals surface area contributed by atoms with Crippen LogP contribution in [0.25, 0.3) is 0 Å². The summed E-state index contributed by atoms with van der Waals surface area (Å²) in [5, 5.41) is 24.9. The lowest BCUT2D eigenvalue weighted by Gasteiger charge is -2.25. The topological polar surface area (TPSA) is 100 Å². The van der Waals surface area contributed by atoms with Gasteiger partial charge in [0.1, 0.15) is 5.84 Å². The van der Waals surface area contributed by atoms with Gasteiger partial charge in [-0.1, -0.05) is 5.16 Å². The maximum Gasteiger partial charge on any atom is 0.139 e. The quantitative estimate of drug-likeness (QED) is 0.206. The molecule has 1 saturated carbocycles. The summed E-state index contributed by atoms with van der Waals surface area (Å²) in [5.74, 6) is 0.278. The molecular formula is C12H25N3O3. The van der Waals surface area contributed by atoms with E-state index in [1.165, 1.54) is 0 Å². The Hall–Kier alpha value is -0.850. The lowest BCUT2D eigenvalue weighted by Crippen LogP contribution is -2.41. The van der Waals surface area contributed by atoms with E-state index in [1.54, 1.807) is 14.0 Å². The molecule has 106 valence electrons. The number of rotatable bonds is 9. The first-order valence-electron chi connectivity index (χ1n) is 6.31. The van der Waals surface area contributed by atoms with E-state index in [1.807, 2.05) is 0 Å². The molecule has 0 aromatic heterocycles. The molecule has 5 N–H and O–H groups in total. The molecule has 6 nitrogen and oxygen atoms in total. The van der Waals surface area contributed by atoms with Crippen molar-refractivity contribution in [1.82, 2.24) is 5.32 Å². The van der Waals surface area contributed by atoms with Gasteiger partial charge in [0.05, 0.1) is 5.60 Å². The van der Waals surface area contributed by atoms with Gasteiger partial charge in [0.15, 0.2) is 0 Å². The Balaban J connectivity index is 2.25. The lowest BCUT2D eigenvalue weighted by atomic mass is 10.00. The molecule has 1 atom stereocenters. The van der Waals surface area contributed by atoms with Crippen molar-refractivity contribution in [3.05, 3.63) is 0 Å². The van der Waals surface area contributed by atoms with Crippen molar-refractivity contribution in [1.29, 1.82) is 0 Å². The van der Waals surface area contributed by atoms with Crippen LogP contribution >= 0.6 is 0 Å². The number of hydrogen-bond acceptors (Lipinski definition) is 5. The van der Waals surface area contributed by atoms with Gasteiger partial charge in [0, 0.05) is 39.6 Å². The van der Waals surface area contributed by atoms with Crippen molar-refractivity contribution in [3.63, 3.8) is 0 Å². The first kappa shape index (κ1) is 15.2. The summed E-state index contributed by atoms with van der Waals surface area (Å²) in [4.78, 5) is 0. The summed E-state index contributed by atoms with van der Waals surface area (Å²) in [6, 6.07) is 0. The molecule has 1 aliphatic carbocycles. The Bertz CT molecular complexity index is 288. The second-order valence-corrected chi connectivity index (χ2v) is 5.61. The number of ether oxygens (including phenoxy) is 1. The van der Waals surface area contributed by atoms with Crippen molar-refractivity contribution in [3.8, 4) is 0 Å². The van der Waals surface area contributed by atoms with Gasteiger partial charge in [-0.2, -0.15) is 0 Å². The van der Waals surface area contributed by atoms with Crippen molar-refractivity contribution in [2.75, 3.05) is 26.8 Å². The van der Waals surface area contributed by atoms with E-state index in [9.17, 15) is 5.11 Å². The van der Waals surface area contributed by atoms with Crippen LogP contribution in [0.5, 0.6) is 0 Å². The summed E-state index contributed by atoms with van der Waals surface area (Å²) in [7, 11) is 1.62. The third kappa shape index (κ3) is 5.20. The molecule has 0 amide bonds. The van der Waals surface area contributed by atoms with E-state index < -0.39 is 5.60 Å². The van der Waals surface area contributed by atoms with Crippen LogP contribution in [0.4, 0.5) is 0 Å². The van der Waals surface area contributed by atoms with Gasteiger partial charge in [-0.25, -0.2) is 0 Å². The third-order valence-electron chi connectivity index (χ3n) is 3.49. The number of nitrogens with one attached hydrogen (secondary N) is 1. The number of oxime groups is 1. The second kappa shape index (κ2) is 6.36. The Morgan fingerprint density at radius 3 is 2.72 bits per heavy atom. The Kier molecular flexibility index (Phi) is 5.37. The Morgan fingerprint density at radius 2 is 2.22 bits per heavy atom. The fourth-order valence-electron chi connectivity index (χ4n) is 2.02. The fraction of sp³-hybridized carbons (Fsp3) is 0.917. The predicted molar refractivity (Wildman–Crippen MR) is 69.7 cm³/mol. The number of aliphatic hydroxyl groups is 1. The van der Waals surface area contributed by atoms with E-state index >= 15 is 0 Å². The van der Waals surface area contributed by atoms with Crippen molar-refractivity contribution < 1.29 is 15.1 Å². The smallest absolute Gasteiger partial charge is 0.139 e. The first-order valence-corrected chi connectivity index (χ1v) is 6.31. The number of nitrogens with zero attached hydrogens (tertiary/aromatic N) is 1. The highest BCUT2D eigenvalue weighted by Gasteiger charge is 2.43. The number of nitrogens with two attached hydrogens (primary N) is 1. The van der Waals surface area contributed by atoms with E-state index in [-0.39, 0.29) is 11.3 Å². The van der Waals surface area contributed by atoms with Crippen LogP contribution in [0.1, 0.15) is 32.6 Å². The van der Waals surface area contributed by atoms with Gasteiger partial charge in [-0.15, -0.1) is 0 Å². The van der Waals surface area contributed by atoms with E-state index in [2.05, 4.69) is 10.5 Å². The Labute approximate surface area is 108 Å². The van der Waals surface area contributed by atoms with Gasteiger partial charge < -0.3 is 26.1 Å². The van der Waals surface area contributed by atoms with Gasteiger partial charge in [-0.3, -0.25) is 0 Å². The minimum Gasteiger partial charge on any atom is -0.409 e. The van der Waals surface area contributed by atoms with Crippen LogP contribution in [-0.2, 0) is 4.74 Å². The summed E-state index contributed by atoms with van der Waals surface area (Å²) in [5.41, 5.74) is 4.89. The molecule has 6 heteroatoms. The highest BCUT2D eigenvalue weighted by atomic mass is 16.5.